The first-order valence-electron chi connectivity index (χ1n) is 15.9. The number of piperidine rings is 1. The summed E-state index contributed by atoms with van der Waals surface area (Å²) in [5.41, 5.74) is 0.854. The van der Waals surface area contributed by atoms with Gasteiger partial charge in [-0.25, -0.2) is 0 Å². The van der Waals surface area contributed by atoms with Gasteiger partial charge in [0.25, 0.3) is 5.91 Å². The van der Waals surface area contributed by atoms with E-state index in [4.69, 9.17) is 4.74 Å². The Kier molecular flexibility index (Phi) is 11.4. The van der Waals surface area contributed by atoms with E-state index in [1.165, 1.54) is 0 Å². The van der Waals surface area contributed by atoms with Crippen molar-refractivity contribution in [3.63, 3.8) is 0 Å². The molecule has 10 heteroatoms. The van der Waals surface area contributed by atoms with Gasteiger partial charge < -0.3 is 30.3 Å². The van der Waals surface area contributed by atoms with Crippen LogP contribution < -0.4 is 15.4 Å². The number of carbonyl (C=O) groups is 3. The lowest BCUT2D eigenvalue weighted by Gasteiger charge is -2.52. The van der Waals surface area contributed by atoms with Crippen LogP contribution in [0.2, 0.25) is 0 Å². The first-order valence-corrected chi connectivity index (χ1v) is 15.9. The van der Waals surface area contributed by atoms with Crippen LogP contribution in [0.1, 0.15) is 62.4 Å². The molecule has 3 N–H and O–H groups in total. The molecule has 2 aliphatic heterocycles. The third-order valence-electron chi connectivity index (χ3n) is 8.73. The van der Waals surface area contributed by atoms with Crippen LogP contribution in [0.4, 0.5) is 0 Å². The molecule has 2 fully saturated rings. The number of amides is 3. The topological polar surface area (TPSA) is 114 Å². The average Bonchev–Trinajstić information content (AvgIpc) is 3.00. The Morgan fingerprint density at radius 2 is 1.68 bits per heavy atom. The largest absolute Gasteiger partial charge is 0.457 e. The number of piperazine rings is 1. The molecule has 0 saturated carbocycles. The lowest BCUT2D eigenvalue weighted by molar-refractivity contribution is -0.165. The second-order valence-electron chi connectivity index (χ2n) is 12.7. The SMILES string of the molecule is CCCCN1C(=O)[C@@H]([C@H](O)C(C)C)NC(=O)C12CCN(Cc1ccc(Oc3ccc(C(=O)NCCN(C)C)cc3)cc1)CC2. The van der Waals surface area contributed by atoms with Gasteiger partial charge in [0.2, 0.25) is 11.8 Å². The van der Waals surface area contributed by atoms with Crippen molar-refractivity contribution in [3.05, 3.63) is 59.7 Å². The number of aliphatic hydroxyl groups is 1. The summed E-state index contributed by atoms with van der Waals surface area (Å²) in [5, 5.41) is 16.5. The average molecular weight is 608 g/mol. The summed E-state index contributed by atoms with van der Waals surface area (Å²) in [6.45, 7) is 9.79. The van der Waals surface area contributed by atoms with E-state index in [2.05, 4.69) is 22.5 Å². The van der Waals surface area contributed by atoms with Crippen LogP contribution >= 0.6 is 0 Å². The maximum Gasteiger partial charge on any atom is 0.251 e. The minimum Gasteiger partial charge on any atom is -0.457 e. The monoisotopic (exact) mass is 607 g/mol. The number of likely N-dealkylation sites (tertiary alicyclic amines) is 1. The zero-order valence-electron chi connectivity index (χ0n) is 26.8. The van der Waals surface area contributed by atoms with Gasteiger partial charge in [0, 0.05) is 44.8 Å². The van der Waals surface area contributed by atoms with Crippen LogP contribution in [-0.2, 0) is 16.1 Å². The van der Waals surface area contributed by atoms with Gasteiger partial charge in [0.15, 0.2) is 0 Å². The van der Waals surface area contributed by atoms with Gasteiger partial charge in [0.1, 0.15) is 23.1 Å². The molecule has 2 aromatic rings. The van der Waals surface area contributed by atoms with Gasteiger partial charge in [-0.2, -0.15) is 0 Å². The number of hydrogen-bond acceptors (Lipinski definition) is 7. The quantitative estimate of drug-likeness (QED) is 0.320. The van der Waals surface area contributed by atoms with E-state index in [-0.39, 0.29) is 23.6 Å². The first-order chi connectivity index (χ1) is 21.0. The van der Waals surface area contributed by atoms with E-state index in [0.29, 0.717) is 56.1 Å². The van der Waals surface area contributed by atoms with E-state index in [0.717, 1.165) is 31.5 Å². The smallest absolute Gasteiger partial charge is 0.251 e. The Balaban J connectivity index is 1.32. The Labute approximate surface area is 261 Å². The molecule has 44 heavy (non-hydrogen) atoms. The molecule has 2 atom stereocenters. The molecule has 0 aliphatic carbocycles. The fourth-order valence-electron chi connectivity index (χ4n) is 5.90. The Morgan fingerprint density at radius 3 is 2.25 bits per heavy atom. The molecule has 2 saturated heterocycles. The van der Waals surface area contributed by atoms with Crippen LogP contribution in [0.5, 0.6) is 11.5 Å². The molecule has 2 aliphatic rings. The number of hydrogen-bond donors (Lipinski definition) is 3. The van der Waals surface area contributed by atoms with Crippen LogP contribution in [-0.4, -0.2) is 102 Å². The van der Waals surface area contributed by atoms with Gasteiger partial charge in [0.05, 0.1) is 6.10 Å². The molecule has 2 aromatic carbocycles. The highest BCUT2D eigenvalue weighted by atomic mass is 16.5. The normalized spacial score (nSPS) is 19.4. The maximum absolute atomic E-state index is 13.5. The number of aliphatic hydroxyl groups excluding tert-OH is 1. The molecule has 4 rings (SSSR count). The molecule has 2 heterocycles. The minimum absolute atomic E-state index is 0.107. The summed E-state index contributed by atoms with van der Waals surface area (Å²) in [7, 11) is 3.93. The summed E-state index contributed by atoms with van der Waals surface area (Å²) in [5.74, 6) is 0.807. The Morgan fingerprint density at radius 1 is 1.07 bits per heavy atom. The number of rotatable bonds is 13. The van der Waals surface area contributed by atoms with Crippen LogP contribution in [0.3, 0.4) is 0 Å². The van der Waals surface area contributed by atoms with Crippen molar-refractivity contribution in [2.24, 2.45) is 5.92 Å². The van der Waals surface area contributed by atoms with E-state index in [1.807, 2.05) is 57.1 Å². The number of nitrogens with one attached hydrogen (secondary N) is 2. The van der Waals surface area contributed by atoms with Gasteiger partial charge in [-0.1, -0.05) is 39.3 Å². The highest BCUT2D eigenvalue weighted by Crippen LogP contribution is 2.35. The van der Waals surface area contributed by atoms with Crippen LogP contribution in [0.25, 0.3) is 0 Å². The van der Waals surface area contributed by atoms with Crippen molar-refractivity contribution >= 4 is 17.7 Å². The van der Waals surface area contributed by atoms with Crippen molar-refractivity contribution in [2.45, 2.75) is 70.7 Å². The standard InChI is InChI=1S/C34H49N5O5/c1-6-7-19-39-32(42)29(30(40)24(2)3)36-33(43)34(39)16-20-38(21-17-34)23-25-8-12-27(13-9-25)44-28-14-10-26(11-15-28)31(41)35-18-22-37(4)5/h8-15,24,29-30,40H,6-7,16-23H2,1-5H3,(H,35,41)(H,36,43)/t29-,30-/m1/s1. The summed E-state index contributed by atoms with van der Waals surface area (Å²) in [4.78, 5) is 45.5. The molecule has 0 unspecified atom stereocenters. The molecule has 3 amide bonds. The molecule has 0 aromatic heterocycles. The molecule has 0 bridgehead atoms. The highest BCUT2D eigenvalue weighted by molar-refractivity contribution is 6.00. The molecule has 10 nitrogen and oxygen atoms in total. The lowest BCUT2D eigenvalue weighted by atomic mass is 9.80. The number of unbranched alkanes of at least 4 members (excludes halogenated alkanes) is 1. The molecular formula is C34H49N5O5. The van der Waals surface area contributed by atoms with Crippen LogP contribution in [0.15, 0.2) is 48.5 Å². The van der Waals surface area contributed by atoms with Gasteiger partial charge in [-0.3, -0.25) is 19.3 Å². The summed E-state index contributed by atoms with van der Waals surface area (Å²) in [6.07, 6.45) is 1.95. The molecular weight excluding hydrogens is 558 g/mol. The number of nitrogens with zero attached hydrogens (tertiary/aromatic N) is 3. The zero-order valence-corrected chi connectivity index (χ0v) is 26.8. The van der Waals surface area contributed by atoms with Gasteiger partial charge >= 0.3 is 0 Å². The van der Waals surface area contributed by atoms with E-state index in [1.54, 1.807) is 29.2 Å². The summed E-state index contributed by atoms with van der Waals surface area (Å²) < 4.78 is 6.00. The van der Waals surface area contributed by atoms with E-state index < -0.39 is 17.7 Å². The van der Waals surface area contributed by atoms with Crippen LogP contribution in [0, 0.1) is 5.92 Å². The van der Waals surface area contributed by atoms with Crippen molar-refractivity contribution < 1.29 is 24.2 Å². The third kappa shape index (κ3) is 7.97. The second kappa shape index (κ2) is 15.0. The highest BCUT2D eigenvalue weighted by Gasteiger charge is 2.54. The van der Waals surface area contributed by atoms with Crippen molar-refractivity contribution in [1.29, 1.82) is 0 Å². The summed E-state index contributed by atoms with van der Waals surface area (Å²) >= 11 is 0. The second-order valence-corrected chi connectivity index (χ2v) is 12.7. The maximum atomic E-state index is 13.5. The summed E-state index contributed by atoms with van der Waals surface area (Å²) in [6, 6.07) is 14.1. The molecule has 1 spiro atoms. The van der Waals surface area contributed by atoms with Gasteiger partial charge in [-0.05, 0) is 81.2 Å². The fourth-order valence-corrected chi connectivity index (χ4v) is 5.90. The predicted molar refractivity (Wildman–Crippen MR) is 170 cm³/mol. The van der Waals surface area contributed by atoms with Crippen molar-refractivity contribution in [1.82, 2.24) is 25.3 Å². The fraction of sp³-hybridized carbons (Fsp3) is 0.559. The Bertz CT molecular complexity index is 1260. The Hall–Kier alpha value is -3.47. The lowest BCUT2D eigenvalue weighted by Crippen LogP contribution is -2.74. The number of likely N-dealkylation sites (N-methyl/N-ethyl adjacent to an activating group) is 1. The van der Waals surface area contributed by atoms with Crippen molar-refractivity contribution in [3.8, 4) is 11.5 Å². The minimum atomic E-state index is -0.913. The predicted octanol–water partition coefficient (Wildman–Crippen LogP) is 3.25. The molecule has 0 radical (unpaired) electrons. The van der Waals surface area contributed by atoms with Crippen molar-refractivity contribution in [2.75, 3.05) is 46.8 Å². The third-order valence-corrected chi connectivity index (χ3v) is 8.73. The zero-order chi connectivity index (χ0) is 31.9. The van der Waals surface area contributed by atoms with Gasteiger partial charge in [-0.15, -0.1) is 0 Å². The number of benzene rings is 2. The van der Waals surface area contributed by atoms with E-state index in [9.17, 15) is 19.5 Å². The first kappa shape index (κ1) is 33.4. The van der Waals surface area contributed by atoms with E-state index >= 15 is 0 Å². The molecule has 240 valence electrons. The number of ether oxygens (including phenoxy) is 1. The number of carbonyl (C=O) groups excluding carboxylic acids is 3.